The van der Waals surface area contributed by atoms with Crippen LogP contribution >= 0.6 is 23.1 Å². The molecule has 1 aromatic heterocycles. The molecular formula is C21H17N3O2S2. The molecule has 0 unspecified atom stereocenters. The predicted molar refractivity (Wildman–Crippen MR) is 116 cm³/mol. The van der Waals surface area contributed by atoms with Gasteiger partial charge in [0.2, 0.25) is 0 Å². The number of aromatic hydroxyl groups is 1. The van der Waals surface area contributed by atoms with Crippen molar-refractivity contribution < 1.29 is 9.90 Å². The number of thioether (sulfide) groups is 1. The Kier molecular flexibility index (Phi) is 5.27. The largest absolute Gasteiger partial charge is 0.507 e. The summed E-state index contributed by atoms with van der Waals surface area (Å²) in [5.41, 5.74) is 4.06. The first kappa shape index (κ1) is 18.5. The molecule has 7 heteroatoms. The van der Waals surface area contributed by atoms with E-state index in [4.69, 9.17) is 0 Å². The molecule has 0 fully saturated rings. The molecule has 2 N–H and O–H groups in total. The number of amides is 1. The van der Waals surface area contributed by atoms with E-state index in [9.17, 15) is 9.90 Å². The maximum atomic E-state index is 12.4. The lowest BCUT2D eigenvalue weighted by Gasteiger charge is -2.07. The van der Waals surface area contributed by atoms with Crippen LogP contribution in [0.4, 0.5) is 0 Å². The monoisotopic (exact) mass is 407 g/mol. The van der Waals surface area contributed by atoms with Crippen LogP contribution in [-0.4, -0.2) is 27.5 Å². The average molecular weight is 408 g/mol. The van der Waals surface area contributed by atoms with Gasteiger partial charge in [-0.05, 0) is 35.9 Å². The normalized spacial score (nSPS) is 12.6. The third kappa shape index (κ3) is 3.85. The summed E-state index contributed by atoms with van der Waals surface area (Å²) in [6.45, 7) is 1.82. The molecule has 0 radical (unpaired) electrons. The first-order chi connectivity index (χ1) is 13.6. The molecular weight excluding hydrogens is 390 g/mol. The highest BCUT2D eigenvalue weighted by Crippen LogP contribution is 2.32. The van der Waals surface area contributed by atoms with Gasteiger partial charge in [-0.1, -0.05) is 54.2 Å². The molecule has 5 nitrogen and oxygen atoms in total. The van der Waals surface area contributed by atoms with Crippen LogP contribution in [-0.2, 0) is 4.79 Å². The molecule has 0 aliphatic carbocycles. The van der Waals surface area contributed by atoms with Crippen molar-refractivity contribution in [3.8, 4) is 5.75 Å². The predicted octanol–water partition coefficient (Wildman–Crippen LogP) is 4.79. The number of carbonyl (C=O) groups is 1. The molecule has 3 aromatic carbocycles. The van der Waals surface area contributed by atoms with Crippen molar-refractivity contribution in [2.75, 3.05) is 0 Å². The highest BCUT2D eigenvalue weighted by molar-refractivity contribution is 8.02. The van der Waals surface area contributed by atoms with Crippen molar-refractivity contribution in [1.29, 1.82) is 0 Å². The zero-order valence-electron chi connectivity index (χ0n) is 15.0. The zero-order chi connectivity index (χ0) is 19.5. The number of aromatic nitrogens is 1. The Morgan fingerprint density at radius 3 is 2.82 bits per heavy atom. The lowest BCUT2D eigenvalue weighted by molar-refractivity contribution is -0.120. The molecule has 0 saturated carbocycles. The third-order valence-electron chi connectivity index (χ3n) is 4.24. The number of hydrazone groups is 1. The first-order valence-corrected chi connectivity index (χ1v) is 10.4. The Bertz CT molecular complexity index is 1150. The number of benzene rings is 3. The molecule has 0 bridgehead atoms. The van der Waals surface area contributed by atoms with E-state index in [1.54, 1.807) is 17.4 Å². The van der Waals surface area contributed by atoms with Gasteiger partial charge in [0.05, 0.1) is 21.7 Å². The van der Waals surface area contributed by atoms with Crippen LogP contribution in [0, 0.1) is 0 Å². The lowest BCUT2D eigenvalue weighted by Crippen LogP contribution is -2.26. The minimum Gasteiger partial charge on any atom is -0.507 e. The number of thiazole rings is 1. The molecule has 1 amide bonds. The van der Waals surface area contributed by atoms with Crippen LogP contribution in [0.1, 0.15) is 12.5 Å². The number of fused-ring (bicyclic) bond motifs is 2. The van der Waals surface area contributed by atoms with E-state index >= 15 is 0 Å². The van der Waals surface area contributed by atoms with Gasteiger partial charge in [-0.3, -0.25) is 4.79 Å². The fourth-order valence-electron chi connectivity index (χ4n) is 2.78. The second kappa shape index (κ2) is 8.00. The van der Waals surface area contributed by atoms with Crippen LogP contribution in [0.5, 0.6) is 5.75 Å². The van der Waals surface area contributed by atoms with Gasteiger partial charge in [-0.2, -0.15) is 5.10 Å². The number of carbonyl (C=O) groups excluding carboxylic acids is 1. The lowest BCUT2D eigenvalue weighted by atomic mass is 10.0. The molecule has 0 aliphatic rings. The molecule has 28 heavy (non-hydrogen) atoms. The maximum Gasteiger partial charge on any atom is 0.253 e. The van der Waals surface area contributed by atoms with Crippen molar-refractivity contribution in [2.24, 2.45) is 5.10 Å². The van der Waals surface area contributed by atoms with Gasteiger partial charge in [0.25, 0.3) is 5.91 Å². The first-order valence-electron chi connectivity index (χ1n) is 8.67. The van der Waals surface area contributed by atoms with E-state index in [1.807, 2.05) is 61.5 Å². The third-order valence-corrected chi connectivity index (χ3v) is 6.47. The Balaban J connectivity index is 1.44. The van der Waals surface area contributed by atoms with E-state index < -0.39 is 0 Å². The van der Waals surface area contributed by atoms with E-state index in [0.717, 1.165) is 25.3 Å². The number of hydrogen-bond donors (Lipinski definition) is 2. The van der Waals surface area contributed by atoms with Crippen molar-refractivity contribution in [2.45, 2.75) is 16.5 Å². The minimum atomic E-state index is -0.348. The van der Waals surface area contributed by atoms with E-state index in [1.165, 1.54) is 18.0 Å². The number of rotatable bonds is 5. The molecule has 1 atom stereocenters. The van der Waals surface area contributed by atoms with E-state index in [2.05, 4.69) is 15.5 Å². The topological polar surface area (TPSA) is 74.6 Å². The van der Waals surface area contributed by atoms with E-state index in [0.29, 0.717) is 5.56 Å². The van der Waals surface area contributed by atoms with Crippen LogP contribution in [0.2, 0.25) is 0 Å². The SMILES string of the molecule is C[C@@H](Sc1nc2ccccc2s1)C(=O)N/N=C/c1c(O)ccc2ccccc12. The second-order valence-electron chi connectivity index (χ2n) is 6.16. The van der Waals surface area contributed by atoms with Crippen LogP contribution in [0.15, 0.2) is 70.1 Å². The minimum absolute atomic E-state index is 0.119. The Morgan fingerprint density at radius 2 is 1.96 bits per heavy atom. The maximum absolute atomic E-state index is 12.4. The Labute approximate surface area is 170 Å². The van der Waals surface area contributed by atoms with Gasteiger partial charge in [0.1, 0.15) is 5.75 Å². The average Bonchev–Trinajstić information content (AvgIpc) is 3.11. The van der Waals surface area contributed by atoms with Crippen molar-refractivity contribution >= 4 is 56.2 Å². The molecule has 4 rings (SSSR count). The molecule has 0 spiro atoms. The van der Waals surface area contributed by atoms with Crippen molar-refractivity contribution in [3.05, 3.63) is 66.2 Å². The molecule has 0 saturated heterocycles. The quantitative estimate of drug-likeness (QED) is 0.283. The van der Waals surface area contributed by atoms with E-state index in [-0.39, 0.29) is 16.9 Å². The highest BCUT2D eigenvalue weighted by atomic mass is 32.2. The highest BCUT2D eigenvalue weighted by Gasteiger charge is 2.16. The van der Waals surface area contributed by atoms with Crippen LogP contribution < -0.4 is 5.43 Å². The summed E-state index contributed by atoms with van der Waals surface area (Å²) < 4.78 is 1.95. The van der Waals surface area contributed by atoms with Crippen molar-refractivity contribution in [3.63, 3.8) is 0 Å². The second-order valence-corrected chi connectivity index (χ2v) is 8.78. The standard InChI is InChI=1S/C21H17N3O2S2/c1-13(27-21-23-17-8-4-5-9-19(17)28-21)20(26)24-22-12-16-15-7-3-2-6-14(15)10-11-18(16)25/h2-13,25H,1H3,(H,24,26)/b22-12+/t13-/m1/s1. The summed E-state index contributed by atoms with van der Waals surface area (Å²) in [4.78, 5) is 16.9. The summed E-state index contributed by atoms with van der Waals surface area (Å²) in [6, 6.07) is 19.1. The number of nitrogens with zero attached hydrogens (tertiary/aromatic N) is 2. The van der Waals surface area contributed by atoms with Crippen LogP contribution in [0.25, 0.3) is 21.0 Å². The molecule has 140 valence electrons. The van der Waals surface area contributed by atoms with Gasteiger partial charge in [-0.15, -0.1) is 11.3 Å². The number of hydrogen-bond acceptors (Lipinski definition) is 6. The molecule has 0 aliphatic heterocycles. The fourth-order valence-corrected chi connectivity index (χ4v) is 4.98. The van der Waals surface area contributed by atoms with Gasteiger partial charge in [-0.25, -0.2) is 10.4 Å². The summed E-state index contributed by atoms with van der Waals surface area (Å²) in [6.07, 6.45) is 1.48. The summed E-state index contributed by atoms with van der Waals surface area (Å²) in [5.74, 6) is -0.103. The fraction of sp³-hybridized carbons (Fsp3) is 0.0952. The van der Waals surface area contributed by atoms with Crippen LogP contribution in [0.3, 0.4) is 0 Å². The number of phenolic OH excluding ortho intramolecular Hbond substituents is 1. The summed E-state index contributed by atoms with van der Waals surface area (Å²) in [7, 11) is 0. The number of nitrogens with one attached hydrogen (secondary N) is 1. The number of para-hydroxylation sites is 1. The van der Waals surface area contributed by atoms with Gasteiger partial charge >= 0.3 is 0 Å². The Hall–Kier alpha value is -2.90. The number of phenols is 1. The summed E-state index contributed by atoms with van der Waals surface area (Å²) >= 11 is 2.97. The smallest absolute Gasteiger partial charge is 0.253 e. The van der Waals surface area contributed by atoms with Gasteiger partial charge in [0, 0.05) is 5.56 Å². The molecule has 1 heterocycles. The van der Waals surface area contributed by atoms with Crippen molar-refractivity contribution in [1.82, 2.24) is 10.4 Å². The summed E-state index contributed by atoms with van der Waals surface area (Å²) in [5, 5.41) is 15.7. The Morgan fingerprint density at radius 1 is 1.18 bits per heavy atom. The van der Waals surface area contributed by atoms with Gasteiger partial charge < -0.3 is 5.11 Å². The molecule has 4 aromatic rings. The van der Waals surface area contributed by atoms with Gasteiger partial charge in [0.15, 0.2) is 4.34 Å². The zero-order valence-corrected chi connectivity index (χ0v) is 16.6.